The molecule has 0 bridgehead atoms. The van der Waals surface area contributed by atoms with Crippen molar-refractivity contribution in [2.45, 2.75) is 52.8 Å². The van der Waals surface area contributed by atoms with E-state index in [-0.39, 0.29) is 6.10 Å². The van der Waals surface area contributed by atoms with E-state index in [1.54, 1.807) is 0 Å². The number of aliphatic hydroxyl groups is 1. The van der Waals surface area contributed by atoms with Crippen LogP contribution in [0.4, 0.5) is 0 Å². The van der Waals surface area contributed by atoms with Crippen molar-refractivity contribution < 1.29 is 5.11 Å². The molecule has 0 saturated heterocycles. The summed E-state index contributed by atoms with van der Waals surface area (Å²) in [6.45, 7) is 12.2. The predicted octanol–water partition coefficient (Wildman–Crippen LogP) is 1.32. The Hall–Kier alpha value is -0.120. The van der Waals surface area contributed by atoms with E-state index in [0.717, 1.165) is 6.54 Å². The molecule has 0 heterocycles. The summed E-state index contributed by atoms with van der Waals surface area (Å²) in [5.41, 5.74) is 0. The van der Waals surface area contributed by atoms with E-state index in [0.29, 0.717) is 24.5 Å². The highest BCUT2D eigenvalue weighted by atomic mass is 16.3. The zero-order valence-corrected chi connectivity index (χ0v) is 11.1. The normalized spacial score (nSPS) is 16.4. The van der Waals surface area contributed by atoms with E-state index in [4.69, 9.17) is 0 Å². The molecule has 0 aromatic rings. The molecule has 0 spiro atoms. The van der Waals surface area contributed by atoms with Gasteiger partial charge in [0, 0.05) is 25.2 Å². The average molecular weight is 216 g/mol. The maximum atomic E-state index is 9.79. The number of hydrogen-bond donors (Lipinski definition) is 2. The molecule has 0 aliphatic rings. The summed E-state index contributed by atoms with van der Waals surface area (Å²) in [5, 5.41) is 13.0. The van der Waals surface area contributed by atoms with Crippen molar-refractivity contribution in [2.75, 3.05) is 20.1 Å². The van der Waals surface area contributed by atoms with Gasteiger partial charge in [-0.3, -0.25) is 0 Å². The second kappa shape index (κ2) is 7.20. The average Bonchev–Trinajstić information content (AvgIpc) is 2.13. The van der Waals surface area contributed by atoms with E-state index < -0.39 is 0 Å². The van der Waals surface area contributed by atoms with Gasteiger partial charge in [-0.05, 0) is 19.9 Å². The summed E-state index contributed by atoms with van der Waals surface area (Å²) in [6.07, 6.45) is -0.279. The highest BCUT2D eigenvalue weighted by Gasteiger charge is 2.16. The first-order valence-electron chi connectivity index (χ1n) is 5.96. The van der Waals surface area contributed by atoms with Gasteiger partial charge in [-0.15, -0.1) is 0 Å². The second-order valence-electron chi connectivity index (χ2n) is 5.14. The fourth-order valence-corrected chi connectivity index (χ4v) is 1.44. The molecule has 0 aliphatic heterocycles. The molecule has 15 heavy (non-hydrogen) atoms. The number of hydrogen-bond acceptors (Lipinski definition) is 3. The van der Waals surface area contributed by atoms with Crippen LogP contribution in [0.5, 0.6) is 0 Å². The Kier molecular flexibility index (Phi) is 7.14. The van der Waals surface area contributed by atoms with E-state index in [9.17, 15) is 5.11 Å². The minimum atomic E-state index is -0.279. The molecular weight excluding hydrogens is 188 g/mol. The largest absolute Gasteiger partial charge is 0.390 e. The first kappa shape index (κ1) is 14.9. The Morgan fingerprint density at radius 1 is 1.13 bits per heavy atom. The zero-order valence-electron chi connectivity index (χ0n) is 11.1. The van der Waals surface area contributed by atoms with Crippen LogP contribution >= 0.6 is 0 Å². The van der Waals surface area contributed by atoms with Crippen LogP contribution in [-0.2, 0) is 0 Å². The summed E-state index contributed by atoms with van der Waals surface area (Å²) in [6, 6.07) is 0.950. The van der Waals surface area contributed by atoms with Crippen molar-refractivity contribution in [3.63, 3.8) is 0 Å². The SMILES string of the molecule is CC(C)NCC(O)CN(C)C(C)C(C)C. The Morgan fingerprint density at radius 3 is 2.07 bits per heavy atom. The lowest BCUT2D eigenvalue weighted by molar-refractivity contribution is 0.0932. The number of nitrogens with zero attached hydrogens (tertiary/aromatic N) is 1. The van der Waals surface area contributed by atoms with Gasteiger partial charge in [0.2, 0.25) is 0 Å². The fraction of sp³-hybridized carbons (Fsp3) is 1.00. The monoisotopic (exact) mass is 216 g/mol. The quantitative estimate of drug-likeness (QED) is 0.674. The number of nitrogens with one attached hydrogen (secondary N) is 1. The van der Waals surface area contributed by atoms with Crippen LogP contribution in [0.25, 0.3) is 0 Å². The minimum Gasteiger partial charge on any atom is -0.390 e. The number of aliphatic hydroxyl groups excluding tert-OH is 1. The maximum Gasteiger partial charge on any atom is 0.0791 e. The van der Waals surface area contributed by atoms with Gasteiger partial charge in [-0.1, -0.05) is 27.7 Å². The lowest BCUT2D eigenvalue weighted by Crippen LogP contribution is -2.43. The van der Waals surface area contributed by atoms with Crippen LogP contribution in [0.15, 0.2) is 0 Å². The van der Waals surface area contributed by atoms with Crippen molar-refractivity contribution >= 4 is 0 Å². The van der Waals surface area contributed by atoms with Crippen molar-refractivity contribution in [3.8, 4) is 0 Å². The van der Waals surface area contributed by atoms with Crippen LogP contribution in [0.1, 0.15) is 34.6 Å². The van der Waals surface area contributed by atoms with Gasteiger partial charge in [0.05, 0.1) is 6.10 Å². The molecule has 3 heteroatoms. The van der Waals surface area contributed by atoms with Crippen LogP contribution in [0.3, 0.4) is 0 Å². The van der Waals surface area contributed by atoms with Crippen LogP contribution in [-0.4, -0.2) is 48.3 Å². The smallest absolute Gasteiger partial charge is 0.0791 e. The highest BCUT2D eigenvalue weighted by molar-refractivity contribution is 4.72. The summed E-state index contributed by atoms with van der Waals surface area (Å²) in [7, 11) is 2.07. The van der Waals surface area contributed by atoms with Crippen molar-refractivity contribution in [2.24, 2.45) is 5.92 Å². The second-order valence-corrected chi connectivity index (χ2v) is 5.14. The molecule has 2 atom stereocenters. The van der Waals surface area contributed by atoms with Crippen LogP contribution < -0.4 is 5.32 Å². The Bertz CT molecular complexity index is 160. The minimum absolute atomic E-state index is 0.279. The highest BCUT2D eigenvalue weighted by Crippen LogP contribution is 2.08. The molecule has 0 rings (SSSR count). The molecule has 0 amide bonds. The van der Waals surface area contributed by atoms with Gasteiger partial charge in [-0.25, -0.2) is 0 Å². The van der Waals surface area contributed by atoms with Gasteiger partial charge < -0.3 is 15.3 Å². The number of likely N-dealkylation sites (N-methyl/N-ethyl adjacent to an activating group) is 1. The molecule has 0 saturated carbocycles. The van der Waals surface area contributed by atoms with E-state index in [1.165, 1.54) is 0 Å². The van der Waals surface area contributed by atoms with Gasteiger partial charge >= 0.3 is 0 Å². The topological polar surface area (TPSA) is 35.5 Å². The van der Waals surface area contributed by atoms with Crippen molar-refractivity contribution in [1.29, 1.82) is 0 Å². The standard InChI is InChI=1S/C12H28N2O/c1-9(2)11(5)14(6)8-12(15)7-13-10(3)4/h9-13,15H,7-8H2,1-6H3. The third kappa shape index (κ3) is 6.88. The van der Waals surface area contributed by atoms with E-state index in [2.05, 4.69) is 51.9 Å². The van der Waals surface area contributed by atoms with E-state index >= 15 is 0 Å². The van der Waals surface area contributed by atoms with Gasteiger partial charge in [-0.2, -0.15) is 0 Å². The Morgan fingerprint density at radius 2 is 1.67 bits per heavy atom. The summed E-state index contributed by atoms with van der Waals surface area (Å²) < 4.78 is 0. The summed E-state index contributed by atoms with van der Waals surface area (Å²) in [4.78, 5) is 2.22. The first-order valence-corrected chi connectivity index (χ1v) is 5.96. The number of rotatable bonds is 7. The zero-order chi connectivity index (χ0) is 12.0. The molecule has 92 valence electrons. The first-order chi connectivity index (χ1) is 6.84. The third-order valence-corrected chi connectivity index (χ3v) is 2.92. The Balaban J connectivity index is 3.80. The fourth-order valence-electron chi connectivity index (χ4n) is 1.44. The van der Waals surface area contributed by atoms with E-state index in [1.807, 2.05) is 0 Å². The van der Waals surface area contributed by atoms with Crippen molar-refractivity contribution in [3.05, 3.63) is 0 Å². The lowest BCUT2D eigenvalue weighted by Gasteiger charge is -2.29. The maximum absolute atomic E-state index is 9.79. The van der Waals surface area contributed by atoms with Gasteiger partial charge in [0.25, 0.3) is 0 Å². The molecule has 0 aromatic heterocycles. The van der Waals surface area contributed by atoms with Crippen LogP contribution in [0.2, 0.25) is 0 Å². The predicted molar refractivity (Wildman–Crippen MR) is 66.1 cm³/mol. The molecule has 0 fully saturated rings. The summed E-state index contributed by atoms with van der Waals surface area (Å²) >= 11 is 0. The molecule has 0 radical (unpaired) electrons. The van der Waals surface area contributed by atoms with Crippen LogP contribution in [0, 0.1) is 5.92 Å². The molecular formula is C12H28N2O. The van der Waals surface area contributed by atoms with Crippen molar-refractivity contribution in [1.82, 2.24) is 10.2 Å². The summed E-state index contributed by atoms with van der Waals surface area (Å²) in [5.74, 6) is 0.625. The molecule has 3 nitrogen and oxygen atoms in total. The van der Waals surface area contributed by atoms with Gasteiger partial charge in [0.15, 0.2) is 0 Å². The van der Waals surface area contributed by atoms with Gasteiger partial charge in [0.1, 0.15) is 0 Å². The molecule has 2 unspecified atom stereocenters. The third-order valence-electron chi connectivity index (χ3n) is 2.92. The molecule has 0 aromatic carbocycles. The Labute approximate surface area is 94.9 Å². The molecule has 0 aliphatic carbocycles. The lowest BCUT2D eigenvalue weighted by atomic mass is 10.0. The molecule has 2 N–H and O–H groups in total.